The zero-order valence-corrected chi connectivity index (χ0v) is 15.8. The zero-order valence-electron chi connectivity index (χ0n) is 14.3. The number of hydrogen-bond acceptors (Lipinski definition) is 4. The van der Waals surface area contributed by atoms with Crippen LogP contribution in [0.4, 0.5) is 5.69 Å². The maximum absolute atomic E-state index is 12.2. The predicted molar refractivity (Wildman–Crippen MR) is 102 cm³/mol. The number of amides is 2. The highest BCUT2D eigenvalue weighted by Crippen LogP contribution is 2.29. The second kappa shape index (κ2) is 9.31. The van der Waals surface area contributed by atoms with Crippen LogP contribution in [-0.2, 0) is 4.79 Å². The molecule has 8 heteroatoms. The van der Waals surface area contributed by atoms with Gasteiger partial charge in [-0.05, 0) is 24.3 Å². The maximum Gasteiger partial charge on any atom is 0.251 e. The molecule has 0 aliphatic carbocycles. The molecule has 2 aromatic carbocycles. The molecule has 0 atom stereocenters. The van der Waals surface area contributed by atoms with Crippen molar-refractivity contribution in [3.63, 3.8) is 0 Å². The molecule has 2 rings (SSSR count). The normalized spacial score (nSPS) is 10.2. The summed E-state index contributed by atoms with van der Waals surface area (Å²) < 4.78 is 10.3. The van der Waals surface area contributed by atoms with E-state index in [0.29, 0.717) is 27.8 Å². The molecule has 0 heterocycles. The summed E-state index contributed by atoms with van der Waals surface area (Å²) in [6, 6.07) is 9.80. The van der Waals surface area contributed by atoms with E-state index in [1.54, 1.807) is 36.4 Å². The largest absolute Gasteiger partial charge is 0.497 e. The molecule has 0 radical (unpaired) electrons. The van der Waals surface area contributed by atoms with Crippen LogP contribution in [0.25, 0.3) is 0 Å². The summed E-state index contributed by atoms with van der Waals surface area (Å²) in [6.07, 6.45) is 0.0791. The summed E-state index contributed by atoms with van der Waals surface area (Å²) in [4.78, 5) is 24.2. The number of nitrogens with one attached hydrogen (secondary N) is 2. The number of carbonyl (C=O) groups excluding carboxylic acids is 2. The Kier molecular flexibility index (Phi) is 7.12. The van der Waals surface area contributed by atoms with Crippen molar-refractivity contribution >= 4 is 40.7 Å². The monoisotopic (exact) mass is 396 g/mol. The van der Waals surface area contributed by atoms with Crippen LogP contribution in [0.3, 0.4) is 0 Å². The summed E-state index contributed by atoms with van der Waals surface area (Å²) in [5, 5.41) is 5.95. The van der Waals surface area contributed by atoms with Crippen LogP contribution in [0, 0.1) is 0 Å². The first kappa shape index (κ1) is 19.9. The van der Waals surface area contributed by atoms with Crippen LogP contribution >= 0.6 is 23.2 Å². The summed E-state index contributed by atoms with van der Waals surface area (Å²) >= 11 is 11.9. The summed E-state index contributed by atoms with van der Waals surface area (Å²) in [5.41, 5.74) is 0.799. The van der Waals surface area contributed by atoms with Gasteiger partial charge in [-0.3, -0.25) is 9.59 Å². The first-order chi connectivity index (χ1) is 12.4. The second-order valence-corrected chi connectivity index (χ2v) is 6.04. The van der Waals surface area contributed by atoms with Crippen molar-refractivity contribution in [2.75, 3.05) is 26.1 Å². The van der Waals surface area contributed by atoms with E-state index in [0.717, 1.165) is 0 Å². The lowest BCUT2D eigenvalue weighted by Crippen LogP contribution is -2.27. The Hall–Kier alpha value is -2.44. The summed E-state index contributed by atoms with van der Waals surface area (Å²) in [7, 11) is 3.00. The van der Waals surface area contributed by atoms with Crippen molar-refractivity contribution in [2.24, 2.45) is 0 Å². The smallest absolute Gasteiger partial charge is 0.251 e. The molecule has 0 saturated carbocycles. The lowest BCUT2D eigenvalue weighted by Gasteiger charge is -2.10. The Balaban J connectivity index is 1.90. The molecule has 0 unspecified atom stereocenters. The van der Waals surface area contributed by atoms with Crippen molar-refractivity contribution in [3.8, 4) is 11.5 Å². The third-order valence-corrected chi connectivity index (χ3v) is 4.30. The van der Waals surface area contributed by atoms with E-state index in [-0.39, 0.29) is 29.8 Å². The fourth-order valence-electron chi connectivity index (χ4n) is 2.14. The number of benzene rings is 2. The van der Waals surface area contributed by atoms with Gasteiger partial charge in [-0.25, -0.2) is 0 Å². The fourth-order valence-corrected chi connectivity index (χ4v) is 2.49. The highest BCUT2D eigenvalue weighted by atomic mass is 35.5. The molecule has 0 fully saturated rings. The first-order valence-corrected chi connectivity index (χ1v) is 8.45. The van der Waals surface area contributed by atoms with E-state index in [4.69, 9.17) is 32.7 Å². The van der Waals surface area contributed by atoms with Gasteiger partial charge in [-0.2, -0.15) is 0 Å². The van der Waals surface area contributed by atoms with E-state index in [1.165, 1.54) is 14.2 Å². The minimum Gasteiger partial charge on any atom is -0.497 e. The summed E-state index contributed by atoms with van der Waals surface area (Å²) in [6.45, 7) is 0.155. The van der Waals surface area contributed by atoms with Gasteiger partial charge in [0.25, 0.3) is 5.91 Å². The van der Waals surface area contributed by atoms with Crippen LogP contribution in [0.2, 0.25) is 10.0 Å². The Morgan fingerprint density at radius 2 is 1.69 bits per heavy atom. The van der Waals surface area contributed by atoms with Gasteiger partial charge < -0.3 is 20.1 Å². The number of anilines is 1. The zero-order chi connectivity index (χ0) is 19.1. The fraction of sp³-hybridized carbons (Fsp3) is 0.222. The van der Waals surface area contributed by atoms with E-state index in [1.807, 2.05) is 0 Å². The van der Waals surface area contributed by atoms with Crippen molar-refractivity contribution in [1.82, 2.24) is 5.32 Å². The minimum atomic E-state index is -0.337. The van der Waals surface area contributed by atoms with Gasteiger partial charge in [-0.1, -0.05) is 29.3 Å². The molecule has 0 bridgehead atoms. The topological polar surface area (TPSA) is 76.7 Å². The molecule has 2 aromatic rings. The van der Waals surface area contributed by atoms with Crippen LogP contribution in [0.1, 0.15) is 16.8 Å². The molecule has 0 saturated heterocycles. The summed E-state index contributed by atoms with van der Waals surface area (Å²) in [5.74, 6) is 0.374. The molecular weight excluding hydrogens is 379 g/mol. The van der Waals surface area contributed by atoms with Crippen LogP contribution < -0.4 is 20.1 Å². The van der Waals surface area contributed by atoms with Crippen molar-refractivity contribution < 1.29 is 19.1 Å². The van der Waals surface area contributed by atoms with Crippen LogP contribution in [0.15, 0.2) is 36.4 Å². The van der Waals surface area contributed by atoms with Crippen LogP contribution in [-0.4, -0.2) is 32.6 Å². The molecular formula is C18H18Cl2N2O4. The average molecular weight is 397 g/mol. The molecule has 0 aromatic heterocycles. The van der Waals surface area contributed by atoms with E-state index in [2.05, 4.69) is 10.6 Å². The van der Waals surface area contributed by atoms with Crippen LogP contribution in [0.5, 0.6) is 11.5 Å². The Morgan fingerprint density at radius 3 is 2.31 bits per heavy atom. The van der Waals surface area contributed by atoms with E-state index in [9.17, 15) is 9.59 Å². The maximum atomic E-state index is 12.2. The molecule has 6 nitrogen and oxygen atoms in total. The lowest BCUT2D eigenvalue weighted by molar-refractivity contribution is -0.116. The van der Waals surface area contributed by atoms with Crippen molar-refractivity contribution in [2.45, 2.75) is 6.42 Å². The first-order valence-electron chi connectivity index (χ1n) is 7.69. The van der Waals surface area contributed by atoms with Gasteiger partial charge in [-0.15, -0.1) is 0 Å². The number of halogens is 2. The third-order valence-electron chi connectivity index (χ3n) is 3.48. The van der Waals surface area contributed by atoms with Gasteiger partial charge in [0.1, 0.15) is 11.5 Å². The van der Waals surface area contributed by atoms with Crippen molar-refractivity contribution in [1.29, 1.82) is 0 Å². The third kappa shape index (κ3) is 5.28. The standard InChI is InChI=1S/C18H18Cl2N2O4/c1-25-12-8-11(9-13(10-12)26-2)18(24)21-7-6-16(23)22-15-5-3-4-14(19)17(15)20/h3-5,8-10H,6-7H2,1-2H3,(H,21,24)(H,22,23). The predicted octanol–water partition coefficient (Wildman–Crippen LogP) is 3.77. The van der Waals surface area contributed by atoms with Gasteiger partial charge in [0.2, 0.25) is 5.91 Å². The van der Waals surface area contributed by atoms with Gasteiger partial charge >= 0.3 is 0 Å². The molecule has 2 N–H and O–H groups in total. The molecule has 0 aliphatic heterocycles. The van der Waals surface area contributed by atoms with Gasteiger partial charge in [0.05, 0.1) is 30.0 Å². The lowest BCUT2D eigenvalue weighted by atomic mass is 10.2. The number of carbonyl (C=O) groups is 2. The second-order valence-electron chi connectivity index (χ2n) is 5.26. The average Bonchev–Trinajstić information content (AvgIpc) is 2.64. The quantitative estimate of drug-likeness (QED) is 0.746. The highest BCUT2D eigenvalue weighted by molar-refractivity contribution is 6.43. The van der Waals surface area contributed by atoms with E-state index >= 15 is 0 Å². The number of ether oxygens (including phenoxy) is 2. The highest BCUT2D eigenvalue weighted by Gasteiger charge is 2.12. The van der Waals surface area contributed by atoms with Gasteiger partial charge in [0, 0.05) is 24.6 Å². The SMILES string of the molecule is COc1cc(OC)cc(C(=O)NCCC(=O)Nc2cccc(Cl)c2Cl)c1. The molecule has 0 spiro atoms. The number of methoxy groups -OCH3 is 2. The van der Waals surface area contributed by atoms with E-state index < -0.39 is 0 Å². The molecule has 2 amide bonds. The number of hydrogen-bond donors (Lipinski definition) is 2. The Morgan fingerprint density at radius 1 is 1.04 bits per heavy atom. The van der Waals surface area contributed by atoms with Crippen molar-refractivity contribution in [3.05, 3.63) is 52.0 Å². The Bertz CT molecular complexity index is 790. The molecule has 138 valence electrons. The Labute approximate surface area is 161 Å². The molecule has 0 aliphatic rings. The minimum absolute atomic E-state index is 0.0791. The molecule has 26 heavy (non-hydrogen) atoms. The number of rotatable bonds is 7. The van der Waals surface area contributed by atoms with Gasteiger partial charge in [0.15, 0.2) is 0 Å².